The minimum Gasteiger partial charge on any atom is -0.488 e. The first-order valence-corrected chi connectivity index (χ1v) is 9.97. The van der Waals surface area contributed by atoms with Gasteiger partial charge in [0.2, 0.25) is 0 Å². The van der Waals surface area contributed by atoms with Gasteiger partial charge in [-0.15, -0.1) is 0 Å². The Morgan fingerprint density at radius 1 is 1.20 bits per heavy atom. The number of hydrogen-bond acceptors (Lipinski definition) is 6. The van der Waals surface area contributed by atoms with Crippen LogP contribution in [0.25, 0.3) is 22.4 Å². The minimum absolute atomic E-state index is 0.463. The highest BCUT2D eigenvalue weighted by Crippen LogP contribution is 2.41. The fraction of sp³-hybridized carbons (Fsp3) is 0.261. The fourth-order valence-electron chi connectivity index (χ4n) is 3.31. The van der Waals surface area contributed by atoms with Crippen molar-refractivity contribution in [2.75, 3.05) is 11.9 Å². The van der Waals surface area contributed by atoms with Crippen LogP contribution in [-0.2, 0) is 11.4 Å². The number of carbonyl (C=O) groups excluding carboxylic acids is 1. The Morgan fingerprint density at radius 3 is 2.87 bits per heavy atom. The Bertz CT molecular complexity index is 1080. The monoisotopic (exact) mass is 404 g/mol. The van der Waals surface area contributed by atoms with Crippen molar-refractivity contribution in [3.8, 4) is 33.9 Å². The third-order valence-corrected chi connectivity index (χ3v) is 4.97. The number of nitrogens with one attached hydrogen (secondary N) is 1. The summed E-state index contributed by atoms with van der Waals surface area (Å²) in [6, 6.07) is 13.7. The summed E-state index contributed by atoms with van der Waals surface area (Å²) in [7, 11) is 0. The summed E-state index contributed by atoms with van der Waals surface area (Å²) < 4.78 is 11.5. The molecule has 154 valence electrons. The molecule has 0 fully saturated rings. The second-order valence-electron chi connectivity index (χ2n) is 7.20. The molecule has 0 unspecified atom stereocenters. The summed E-state index contributed by atoms with van der Waals surface area (Å²) in [5, 5.41) is 3.29. The van der Waals surface area contributed by atoms with Crippen LogP contribution >= 0.6 is 0 Å². The van der Waals surface area contributed by atoms with E-state index < -0.39 is 12.0 Å². The number of aromatic nitrogens is 2. The van der Waals surface area contributed by atoms with Gasteiger partial charge >= 0.3 is 0 Å². The first-order chi connectivity index (χ1) is 14.5. The highest BCUT2D eigenvalue weighted by atomic mass is 16.5. The van der Waals surface area contributed by atoms with E-state index in [1.54, 1.807) is 19.3 Å². The van der Waals surface area contributed by atoms with Gasteiger partial charge in [0.15, 0.2) is 6.10 Å². The summed E-state index contributed by atoms with van der Waals surface area (Å²) in [5.41, 5.74) is 10.3. The molecule has 30 heavy (non-hydrogen) atoms. The maximum Gasteiger partial charge on any atom is 0.258 e. The van der Waals surface area contributed by atoms with Gasteiger partial charge in [-0.05, 0) is 42.7 Å². The molecule has 0 saturated carbocycles. The van der Waals surface area contributed by atoms with Crippen molar-refractivity contribution >= 4 is 11.7 Å². The number of rotatable bonds is 7. The van der Waals surface area contributed by atoms with Crippen molar-refractivity contribution in [2.45, 2.75) is 33.0 Å². The summed E-state index contributed by atoms with van der Waals surface area (Å²) in [4.78, 5) is 20.0. The van der Waals surface area contributed by atoms with E-state index in [1.807, 2.05) is 24.3 Å². The number of amides is 1. The van der Waals surface area contributed by atoms with Gasteiger partial charge < -0.3 is 20.5 Å². The molecule has 0 saturated heterocycles. The van der Waals surface area contributed by atoms with Crippen LogP contribution in [0.15, 0.2) is 48.8 Å². The van der Waals surface area contributed by atoms with E-state index in [0.717, 1.165) is 46.7 Å². The number of hydrogen-bond donors (Lipinski definition) is 2. The lowest BCUT2D eigenvalue weighted by molar-refractivity contribution is -0.123. The number of benzene rings is 2. The third-order valence-electron chi connectivity index (χ3n) is 4.97. The summed E-state index contributed by atoms with van der Waals surface area (Å²) in [5.74, 6) is 1.55. The van der Waals surface area contributed by atoms with Crippen LogP contribution in [-0.4, -0.2) is 28.5 Å². The molecule has 3 aromatic rings. The van der Waals surface area contributed by atoms with Crippen molar-refractivity contribution in [1.29, 1.82) is 0 Å². The van der Waals surface area contributed by atoms with Crippen LogP contribution < -0.4 is 20.5 Å². The lowest BCUT2D eigenvalue weighted by Gasteiger charge is -2.22. The zero-order chi connectivity index (χ0) is 21.1. The lowest BCUT2D eigenvalue weighted by Crippen LogP contribution is -2.30. The van der Waals surface area contributed by atoms with Gasteiger partial charge in [-0.25, -0.2) is 9.97 Å². The third kappa shape index (κ3) is 4.05. The number of anilines is 1. The highest BCUT2D eigenvalue weighted by Gasteiger charge is 2.20. The lowest BCUT2D eigenvalue weighted by atomic mass is 9.94. The van der Waals surface area contributed by atoms with Gasteiger partial charge in [0, 0.05) is 29.8 Å². The summed E-state index contributed by atoms with van der Waals surface area (Å²) in [6.45, 7) is 5.06. The Hall–Kier alpha value is -3.61. The SMILES string of the molecule is CCCNc1cc(-c2ccc3c(c2)-c2ccc(O[C@@H](C)C(N)=O)cc2OC3)ncn1. The van der Waals surface area contributed by atoms with Crippen molar-refractivity contribution in [3.63, 3.8) is 0 Å². The number of fused-ring (bicyclic) bond motifs is 3. The van der Waals surface area contributed by atoms with E-state index in [0.29, 0.717) is 18.1 Å². The molecule has 0 bridgehead atoms. The first-order valence-electron chi connectivity index (χ1n) is 9.97. The van der Waals surface area contributed by atoms with Gasteiger partial charge in [-0.2, -0.15) is 0 Å². The molecular formula is C23H24N4O3. The van der Waals surface area contributed by atoms with E-state index in [9.17, 15) is 4.79 Å². The van der Waals surface area contributed by atoms with E-state index in [-0.39, 0.29) is 0 Å². The van der Waals surface area contributed by atoms with Gasteiger partial charge in [-0.3, -0.25) is 4.79 Å². The molecule has 0 spiro atoms. The van der Waals surface area contributed by atoms with Crippen molar-refractivity contribution < 1.29 is 14.3 Å². The summed E-state index contributed by atoms with van der Waals surface area (Å²) >= 11 is 0. The van der Waals surface area contributed by atoms with Crippen molar-refractivity contribution in [3.05, 3.63) is 54.4 Å². The average Bonchev–Trinajstić information content (AvgIpc) is 2.77. The van der Waals surface area contributed by atoms with Gasteiger partial charge in [-0.1, -0.05) is 19.1 Å². The molecule has 1 aliphatic rings. The molecule has 3 N–H and O–H groups in total. The molecule has 1 aromatic heterocycles. The first kappa shape index (κ1) is 19.7. The Balaban J connectivity index is 1.65. The van der Waals surface area contributed by atoms with Crippen LogP contribution in [0.1, 0.15) is 25.8 Å². The fourth-order valence-corrected chi connectivity index (χ4v) is 3.31. The molecule has 7 nitrogen and oxygen atoms in total. The standard InChI is InChI=1S/C23H24N4O3/c1-3-8-25-22-11-20(26-13-27-22)15-4-5-16-12-29-21-10-17(30-14(2)23(24)28)6-7-18(21)19(16)9-15/h4-7,9-11,13-14H,3,8,12H2,1-2H3,(H2,24,28)(H,25,26,27)/t14-/m0/s1. The quantitative estimate of drug-likeness (QED) is 0.622. The van der Waals surface area contributed by atoms with E-state index in [4.69, 9.17) is 15.2 Å². The van der Waals surface area contributed by atoms with Crippen LogP contribution in [0, 0.1) is 0 Å². The van der Waals surface area contributed by atoms with Gasteiger partial charge in [0.25, 0.3) is 5.91 Å². The molecule has 2 aromatic carbocycles. The number of carbonyl (C=O) groups is 1. The van der Waals surface area contributed by atoms with Crippen LogP contribution in [0.2, 0.25) is 0 Å². The highest BCUT2D eigenvalue weighted by molar-refractivity contribution is 5.81. The summed E-state index contributed by atoms with van der Waals surface area (Å²) in [6.07, 6.45) is 1.89. The normalized spacial score (nSPS) is 12.9. The molecule has 1 atom stereocenters. The maximum atomic E-state index is 11.3. The predicted octanol–water partition coefficient (Wildman–Crippen LogP) is 3.78. The Labute approximate surface area is 175 Å². The topological polar surface area (TPSA) is 99.4 Å². The van der Waals surface area contributed by atoms with E-state index in [2.05, 4.69) is 34.3 Å². The Kier molecular flexibility index (Phi) is 5.52. The Morgan fingerprint density at radius 2 is 2.07 bits per heavy atom. The van der Waals surface area contributed by atoms with Crippen molar-refractivity contribution in [1.82, 2.24) is 9.97 Å². The number of nitrogens with two attached hydrogens (primary N) is 1. The molecule has 1 amide bonds. The van der Waals surface area contributed by atoms with E-state index in [1.165, 1.54) is 0 Å². The smallest absolute Gasteiger partial charge is 0.258 e. The zero-order valence-electron chi connectivity index (χ0n) is 17.0. The molecule has 2 heterocycles. The molecule has 4 rings (SSSR count). The second kappa shape index (κ2) is 8.41. The number of primary amides is 1. The van der Waals surface area contributed by atoms with Crippen molar-refractivity contribution in [2.24, 2.45) is 5.73 Å². The molecule has 1 aliphatic heterocycles. The van der Waals surface area contributed by atoms with Crippen LogP contribution in [0.4, 0.5) is 5.82 Å². The van der Waals surface area contributed by atoms with Gasteiger partial charge in [0.05, 0.1) is 5.69 Å². The van der Waals surface area contributed by atoms with Crippen LogP contribution in [0.3, 0.4) is 0 Å². The molecular weight excluding hydrogens is 380 g/mol. The molecule has 7 heteroatoms. The predicted molar refractivity (Wildman–Crippen MR) is 115 cm³/mol. The molecule has 0 radical (unpaired) electrons. The van der Waals surface area contributed by atoms with Gasteiger partial charge in [0.1, 0.15) is 30.3 Å². The molecule has 0 aliphatic carbocycles. The van der Waals surface area contributed by atoms with E-state index >= 15 is 0 Å². The average molecular weight is 404 g/mol. The van der Waals surface area contributed by atoms with Crippen LogP contribution in [0.5, 0.6) is 11.5 Å². The maximum absolute atomic E-state index is 11.3. The number of nitrogens with zero attached hydrogens (tertiary/aromatic N) is 2. The minimum atomic E-state index is -0.709. The number of ether oxygens (including phenoxy) is 2. The second-order valence-corrected chi connectivity index (χ2v) is 7.20. The largest absolute Gasteiger partial charge is 0.488 e. The zero-order valence-corrected chi connectivity index (χ0v) is 17.0.